The Morgan fingerprint density at radius 1 is 1.28 bits per heavy atom. The summed E-state index contributed by atoms with van der Waals surface area (Å²) in [5.74, 6) is 1.26. The molecule has 18 heavy (non-hydrogen) atoms. The smallest absolute Gasteiger partial charge is 0.0702 e. The van der Waals surface area contributed by atoms with E-state index in [0.29, 0.717) is 12.0 Å². The van der Waals surface area contributed by atoms with Crippen LogP contribution in [-0.2, 0) is 4.74 Å². The van der Waals surface area contributed by atoms with Gasteiger partial charge in [-0.3, -0.25) is 0 Å². The first-order valence-electron chi connectivity index (χ1n) is 7.71. The molecule has 106 valence electrons. The van der Waals surface area contributed by atoms with Gasteiger partial charge in [0, 0.05) is 19.7 Å². The third kappa shape index (κ3) is 3.94. The summed E-state index contributed by atoms with van der Waals surface area (Å²) in [6.45, 7) is 8.52. The molecule has 1 aliphatic carbocycles. The molecule has 1 heterocycles. The summed E-state index contributed by atoms with van der Waals surface area (Å²) in [6, 6.07) is 0. The van der Waals surface area contributed by atoms with Gasteiger partial charge in [-0.15, -0.1) is 0 Å². The van der Waals surface area contributed by atoms with Crippen molar-refractivity contribution in [1.82, 2.24) is 4.90 Å². The monoisotopic (exact) mass is 255 g/mol. The highest BCUT2D eigenvalue weighted by molar-refractivity contribution is 4.83. The number of hydrogen-bond acceptors (Lipinski definition) is 3. The summed E-state index contributed by atoms with van der Waals surface area (Å²) in [5, 5.41) is 10.1. The van der Waals surface area contributed by atoms with E-state index in [-0.39, 0.29) is 6.10 Å². The fourth-order valence-corrected chi connectivity index (χ4v) is 3.56. The second-order valence-corrected chi connectivity index (χ2v) is 6.22. The van der Waals surface area contributed by atoms with E-state index in [1.165, 1.54) is 32.2 Å². The molecule has 1 N–H and O–H groups in total. The Morgan fingerprint density at radius 2 is 2.11 bits per heavy atom. The van der Waals surface area contributed by atoms with Crippen LogP contribution in [0.3, 0.4) is 0 Å². The van der Waals surface area contributed by atoms with Crippen LogP contribution in [0.1, 0.15) is 46.0 Å². The van der Waals surface area contributed by atoms with Gasteiger partial charge in [0.15, 0.2) is 0 Å². The fourth-order valence-electron chi connectivity index (χ4n) is 3.56. The number of rotatable bonds is 4. The van der Waals surface area contributed by atoms with Crippen LogP contribution in [0.4, 0.5) is 0 Å². The van der Waals surface area contributed by atoms with Gasteiger partial charge in [0.1, 0.15) is 0 Å². The molecular formula is C15H29NO2. The van der Waals surface area contributed by atoms with Crippen molar-refractivity contribution in [2.24, 2.45) is 11.8 Å². The zero-order chi connectivity index (χ0) is 13.0. The van der Waals surface area contributed by atoms with E-state index in [1.807, 2.05) is 0 Å². The molecule has 1 saturated heterocycles. The Balaban J connectivity index is 1.80. The van der Waals surface area contributed by atoms with Crippen LogP contribution in [0, 0.1) is 11.8 Å². The summed E-state index contributed by atoms with van der Waals surface area (Å²) in [7, 11) is 0. The van der Waals surface area contributed by atoms with Crippen LogP contribution in [-0.4, -0.2) is 48.5 Å². The minimum Gasteiger partial charge on any atom is -0.393 e. The number of ether oxygens (including phenoxy) is 1. The van der Waals surface area contributed by atoms with Crippen molar-refractivity contribution in [3.8, 4) is 0 Å². The average Bonchev–Trinajstić information content (AvgIpc) is 2.35. The van der Waals surface area contributed by atoms with Gasteiger partial charge < -0.3 is 14.7 Å². The summed E-state index contributed by atoms with van der Waals surface area (Å²) >= 11 is 0. The first-order valence-corrected chi connectivity index (χ1v) is 7.71. The minimum absolute atomic E-state index is 0.0753. The van der Waals surface area contributed by atoms with Crippen LogP contribution in [0.5, 0.6) is 0 Å². The Kier molecular flexibility index (Phi) is 5.46. The molecule has 4 unspecified atom stereocenters. The quantitative estimate of drug-likeness (QED) is 0.836. The third-order valence-electron chi connectivity index (χ3n) is 4.56. The van der Waals surface area contributed by atoms with Crippen LogP contribution in [0.15, 0.2) is 0 Å². The predicted octanol–water partition coefficient (Wildman–Crippen LogP) is 2.28. The molecule has 2 fully saturated rings. The zero-order valence-corrected chi connectivity index (χ0v) is 12.0. The van der Waals surface area contributed by atoms with Gasteiger partial charge in [-0.2, -0.15) is 0 Å². The minimum atomic E-state index is -0.0753. The first kappa shape index (κ1) is 14.3. The lowest BCUT2D eigenvalue weighted by Crippen LogP contribution is -2.45. The van der Waals surface area contributed by atoms with Crippen molar-refractivity contribution in [2.75, 3.05) is 26.2 Å². The van der Waals surface area contributed by atoms with Gasteiger partial charge in [-0.05, 0) is 57.4 Å². The molecule has 0 aromatic heterocycles. The fraction of sp³-hybridized carbons (Fsp3) is 1.00. The molecular weight excluding hydrogens is 226 g/mol. The number of nitrogens with zero attached hydrogens (tertiary/aromatic N) is 1. The Hall–Kier alpha value is -0.120. The molecule has 1 aliphatic heterocycles. The lowest BCUT2D eigenvalue weighted by atomic mass is 9.80. The molecule has 4 atom stereocenters. The van der Waals surface area contributed by atoms with E-state index in [0.717, 1.165) is 32.0 Å². The normalized spacial score (nSPS) is 38.8. The first-order chi connectivity index (χ1) is 8.69. The molecule has 0 bridgehead atoms. The topological polar surface area (TPSA) is 32.7 Å². The molecule has 0 aromatic carbocycles. The van der Waals surface area contributed by atoms with Crippen LogP contribution < -0.4 is 0 Å². The maximum atomic E-state index is 10.1. The van der Waals surface area contributed by atoms with Gasteiger partial charge in [0.05, 0.1) is 12.2 Å². The van der Waals surface area contributed by atoms with E-state index < -0.39 is 0 Å². The summed E-state index contributed by atoms with van der Waals surface area (Å²) < 4.78 is 5.75. The highest BCUT2D eigenvalue weighted by Crippen LogP contribution is 2.30. The Bertz CT molecular complexity index is 245. The third-order valence-corrected chi connectivity index (χ3v) is 4.56. The number of hydrogen-bond donors (Lipinski definition) is 1. The largest absolute Gasteiger partial charge is 0.393 e. The van der Waals surface area contributed by atoms with E-state index in [2.05, 4.69) is 18.7 Å². The molecule has 2 aliphatic rings. The molecule has 0 amide bonds. The second kappa shape index (κ2) is 6.88. The van der Waals surface area contributed by atoms with Crippen molar-refractivity contribution >= 4 is 0 Å². The summed E-state index contributed by atoms with van der Waals surface area (Å²) in [5.41, 5.74) is 0. The lowest BCUT2D eigenvalue weighted by molar-refractivity contribution is -0.0181. The van der Waals surface area contributed by atoms with Gasteiger partial charge in [0.25, 0.3) is 0 Å². The van der Waals surface area contributed by atoms with Crippen molar-refractivity contribution < 1.29 is 9.84 Å². The summed E-state index contributed by atoms with van der Waals surface area (Å²) in [4.78, 5) is 2.51. The van der Waals surface area contributed by atoms with Crippen molar-refractivity contribution in [1.29, 1.82) is 0 Å². The Morgan fingerprint density at radius 3 is 2.89 bits per heavy atom. The summed E-state index contributed by atoms with van der Waals surface area (Å²) in [6.07, 6.45) is 6.16. The zero-order valence-electron chi connectivity index (χ0n) is 12.0. The van der Waals surface area contributed by atoms with E-state index in [9.17, 15) is 5.11 Å². The number of aliphatic hydroxyl groups is 1. The SMILES string of the molecule is CCOC1CCCN(CC2CC(C)CCC2O)C1. The van der Waals surface area contributed by atoms with Gasteiger partial charge in [0.2, 0.25) is 0 Å². The molecule has 3 nitrogen and oxygen atoms in total. The second-order valence-electron chi connectivity index (χ2n) is 6.22. The highest BCUT2D eigenvalue weighted by atomic mass is 16.5. The molecule has 1 saturated carbocycles. The van der Waals surface area contributed by atoms with Crippen molar-refractivity contribution in [3.63, 3.8) is 0 Å². The van der Waals surface area contributed by atoms with Gasteiger partial charge >= 0.3 is 0 Å². The molecule has 2 rings (SSSR count). The van der Waals surface area contributed by atoms with Crippen LogP contribution >= 0.6 is 0 Å². The van der Waals surface area contributed by atoms with Crippen LogP contribution in [0.2, 0.25) is 0 Å². The molecule has 0 aromatic rings. The molecule has 3 heteroatoms. The maximum Gasteiger partial charge on any atom is 0.0702 e. The molecule has 0 spiro atoms. The van der Waals surface area contributed by atoms with Crippen molar-refractivity contribution in [2.45, 2.75) is 58.2 Å². The molecule has 0 radical (unpaired) electrons. The van der Waals surface area contributed by atoms with Crippen LogP contribution in [0.25, 0.3) is 0 Å². The van der Waals surface area contributed by atoms with Gasteiger partial charge in [-0.1, -0.05) is 6.92 Å². The predicted molar refractivity (Wildman–Crippen MR) is 73.6 cm³/mol. The number of piperidine rings is 1. The van der Waals surface area contributed by atoms with Gasteiger partial charge in [-0.25, -0.2) is 0 Å². The van der Waals surface area contributed by atoms with E-state index in [4.69, 9.17) is 4.74 Å². The van der Waals surface area contributed by atoms with E-state index in [1.54, 1.807) is 0 Å². The number of likely N-dealkylation sites (tertiary alicyclic amines) is 1. The lowest BCUT2D eigenvalue weighted by Gasteiger charge is -2.38. The Labute approximate surface area is 112 Å². The standard InChI is InChI=1S/C15H29NO2/c1-3-18-14-5-4-8-16(11-14)10-13-9-12(2)6-7-15(13)17/h12-15,17H,3-11H2,1-2H3. The number of aliphatic hydroxyl groups excluding tert-OH is 1. The highest BCUT2D eigenvalue weighted by Gasteiger charge is 2.30. The van der Waals surface area contributed by atoms with E-state index >= 15 is 0 Å². The maximum absolute atomic E-state index is 10.1. The average molecular weight is 255 g/mol. The van der Waals surface area contributed by atoms with Crippen molar-refractivity contribution in [3.05, 3.63) is 0 Å².